The summed E-state index contributed by atoms with van der Waals surface area (Å²) in [7, 11) is 1.91. The van der Waals surface area contributed by atoms with Gasteiger partial charge in [-0.1, -0.05) is 36.8 Å². The summed E-state index contributed by atoms with van der Waals surface area (Å²) in [4.78, 5) is 10.7. The Morgan fingerprint density at radius 3 is 2.74 bits per heavy atom. The Hall–Kier alpha value is -1.86. The van der Waals surface area contributed by atoms with E-state index < -0.39 is 0 Å². The standard InChI is InChI=1S/C28H43N3O2.CH2O/c1-30-17-13-26(32)9-4-2-3-6-24(21-29)22-10-11-27-23(20-22)12-14-28(33-27)15-18-31(19-16-28)25-7-5-8-25;1-2/h2-3,6,10,20-21,25-27,29-30,32H,4-5,7-9,11-19H2,1H3;1H2/b3-2+,24-6+,29-21?;. The highest BCUT2D eigenvalue weighted by molar-refractivity contribution is 5.84. The van der Waals surface area contributed by atoms with Gasteiger partial charge in [0.2, 0.25) is 0 Å². The molecular weight excluding hydrogens is 438 g/mol. The number of aliphatic hydroxyl groups is 1. The zero-order valence-corrected chi connectivity index (χ0v) is 21.5. The molecule has 3 N–H and O–H groups in total. The molecule has 4 rings (SSSR count). The van der Waals surface area contributed by atoms with Crippen molar-refractivity contribution in [2.24, 2.45) is 0 Å². The Bertz CT molecular complexity index is 804. The predicted molar refractivity (Wildman–Crippen MR) is 143 cm³/mol. The normalized spacial score (nSPS) is 25.7. The fraction of sp³-hybridized carbons (Fsp3) is 0.655. The van der Waals surface area contributed by atoms with E-state index in [4.69, 9.17) is 14.9 Å². The van der Waals surface area contributed by atoms with Gasteiger partial charge in [-0.3, -0.25) is 0 Å². The van der Waals surface area contributed by atoms with Crippen molar-refractivity contribution in [2.45, 2.75) is 94.5 Å². The molecule has 1 spiro atoms. The molecule has 0 aromatic rings. The summed E-state index contributed by atoms with van der Waals surface area (Å²) in [5.41, 5.74) is 3.59. The smallest absolute Gasteiger partial charge is 0.106 e. The molecule has 2 heterocycles. The molecule has 35 heavy (non-hydrogen) atoms. The zero-order chi connectivity index (χ0) is 25.1. The van der Waals surface area contributed by atoms with Gasteiger partial charge in [-0.15, -0.1) is 0 Å². The summed E-state index contributed by atoms with van der Waals surface area (Å²) >= 11 is 0. The minimum absolute atomic E-state index is 0.0916. The van der Waals surface area contributed by atoms with Gasteiger partial charge in [0.15, 0.2) is 0 Å². The number of hydrogen-bond donors (Lipinski definition) is 3. The van der Waals surface area contributed by atoms with Crippen molar-refractivity contribution in [3.05, 3.63) is 47.1 Å². The number of nitrogens with zero attached hydrogens (tertiary/aromatic N) is 1. The number of aliphatic hydroxyl groups excluding tert-OH is 1. The molecule has 6 heteroatoms. The highest BCUT2D eigenvalue weighted by Crippen LogP contribution is 2.43. The van der Waals surface area contributed by atoms with E-state index in [9.17, 15) is 5.11 Å². The van der Waals surface area contributed by atoms with Crippen molar-refractivity contribution in [1.82, 2.24) is 10.2 Å². The van der Waals surface area contributed by atoms with Crippen molar-refractivity contribution >= 4 is 13.0 Å². The topological polar surface area (TPSA) is 85.7 Å². The number of carbonyl (C=O) groups is 1. The van der Waals surface area contributed by atoms with Crippen LogP contribution in [-0.2, 0) is 9.53 Å². The van der Waals surface area contributed by atoms with Crippen molar-refractivity contribution in [2.75, 3.05) is 26.7 Å². The quantitative estimate of drug-likeness (QED) is 0.315. The van der Waals surface area contributed by atoms with Gasteiger partial charge in [-0.05, 0) is 94.5 Å². The van der Waals surface area contributed by atoms with Crippen molar-refractivity contribution in [1.29, 1.82) is 5.41 Å². The van der Waals surface area contributed by atoms with Gasteiger partial charge in [0.05, 0.1) is 17.8 Å². The van der Waals surface area contributed by atoms with E-state index in [0.29, 0.717) is 0 Å². The van der Waals surface area contributed by atoms with Crippen LogP contribution in [0.25, 0.3) is 0 Å². The molecule has 2 unspecified atom stereocenters. The maximum Gasteiger partial charge on any atom is 0.106 e. The number of allylic oxidation sites excluding steroid dienone is 6. The number of fused-ring (bicyclic) bond motifs is 1. The number of likely N-dealkylation sites (tertiary alicyclic amines) is 1. The minimum Gasteiger partial charge on any atom is -0.393 e. The van der Waals surface area contributed by atoms with Gasteiger partial charge < -0.3 is 30.3 Å². The van der Waals surface area contributed by atoms with Crippen LogP contribution in [0.4, 0.5) is 0 Å². The van der Waals surface area contributed by atoms with Crippen LogP contribution >= 0.6 is 0 Å². The number of hydrogen-bond acceptors (Lipinski definition) is 6. The second kappa shape index (κ2) is 14.0. The highest BCUT2D eigenvalue weighted by atomic mass is 16.5. The number of piperidine rings is 1. The number of rotatable bonds is 10. The monoisotopic (exact) mass is 483 g/mol. The maximum atomic E-state index is 9.94. The lowest BCUT2D eigenvalue weighted by Crippen LogP contribution is -2.53. The first kappa shape index (κ1) is 27.7. The summed E-state index contributed by atoms with van der Waals surface area (Å²) in [5.74, 6) is 0. The van der Waals surface area contributed by atoms with Crippen LogP contribution in [0.5, 0.6) is 0 Å². The molecule has 2 aliphatic heterocycles. The Balaban J connectivity index is 0.00000167. The Morgan fingerprint density at radius 2 is 2.09 bits per heavy atom. The van der Waals surface area contributed by atoms with Crippen LogP contribution in [0, 0.1) is 5.41 Å². The molecule has 2 saturated heterocycles. The largest absolute Gasteiger partial charge is 0.393 e. The van der Waals surface area contributed by atoms with Crippen molar-refractivity contribution < 1.29 is 14.6 Å². The van der Waals surface area contributed by atoms with Crippen LogP contribution in [0.2, 0.25) is 0 Å². The molecule has 0 radical (unpaired) electrons. The predicted octanol–water partition coefficient (Wildman–Crippen LogP) is 4.51. The first-order valence-electron chi connectivity index (χ1n) is 13.4. The van der Waals surface area contributed by atoms with Crippen LogP contribution < -0.4 is 5.32 Å². The van der Waals surface area contributed by atoms with E-state index in [-0.39, 0.29) is 17.8 Å². The maximum absolute atomic E-state index is 9.94. The third-order valence-electron chi connectivity index (χ3n) is 8.16. The SMILES string of the molecule is C=O.CNCCC(O)CC/C=C/C=C(\C=N)C1=CCC2OC3(CCC2=C1)CCN(C1CCC1)CC3. The first-order chi connectivity index (χ1) is 17.1. The molecule has 4 aliphatic rings. The Kier molecular flexibility index (Phi) is 11.1. The van der Waals surface area contributed by atoms with Gasteiger partial charge in [0.25, 0.3) is 0 Å². The number of ether oxygens (including phenoxy) is 1. The molecule has 2 atom stereocenters. The average Bonchev–Trinajstić information content (AvgIpc) is 2.86. The molecule has 0 amide bonds. The molecule has 6 nitrogen and oxygen atoms in total. The highest BCUT2D eigenvalue weighted by Gasteiger charge is 2.43. The second-order valence-corrected chi connectivity index (χ2v) is 10.3. The van der Waals surface area contributed by atoms with E-state index in [1.54, 1.807) is 0 Å². The summed E-state index contributed by atoms with van der Waals surface area (Å²) < 4.78 is 6.77. The third kappa shape index (κ3) is 7.56. The molecule has 0 aromatic carbocycles. The lowest BCUT2D eigenvalue weighted by Gasteiger charge is -2.50. The lowest BCUT2D eigenvalue weighted by atomic mass is 9.78. The van der Waals surface area contributed by atoms with E-state index in [1.165, 1.54) is 57.0 Å². The minimum atomic E-state index is -0.254. The summed E-state index contributed by atoms with van der Waals surface area (Å²) in [6, 6.07) is 0.852. The van der Waals surface area contributed by atoms with Gasteiger partial charge in [-0.2, -0.15) is 0 Å². The van der Waals surface area contributed by atoms with Gasteiger partial charge in [0.1, 0.15) is 6.79 Å². The van der Waals surface area contributed by atoms with Crippen molar-refractivity contribution in [3.63, 3.8) is 0 Å². The number of nitrogens with one attached hydrogen (secondary N) is 2. The van der Waals surface area contributed by atoms with Crippen LogP contribution in [0.3, 0.4) is 0 Å². The molecule has 0 bridgehead atoms. The Morgan fingerprint density at radius 1 is 1.31 bits per heavy atom. The molecule has 194 valence electrons. The zero-order valence-electron chi connectivity index (χ0n) is 21.5. The van der Waals surface area contributed by atoms with E-state index in [2.05, 4.69) is 28.4 Å². The molecule has 1 saturated carbocycles. The van der Waals surface area contributed by atoms with E-state index >= 15 is 0 Å². The van der Waals surface area contributed by atoms with E-state index in [0.717, 1.165) is 62.3 Å². The third-order valence-corrected chi connectivity index (χ3v) is 8.16. The summed E-state index contributed by atoms with van der Waals surface area (Å²) in [6.07, 6.45) is 24.3. The second-order valence-electron chi connectivity index (χ2n) is 10.3. The van der Waals surface area contributed by atoms with Crippen LogP contribution in [0.1, 0.15) is 70.6 Å². The van der Waals surface area contributed by atoms with E-state index in [1.807, 2.05) is 26.0 Å². The fourth-order valence-electron chi connectivity index (χ4n) is 5.68. The first-order valence-corrected chi connectivity index (χ1v) is 13.4. The summed E-state index contributed by atoms with van der Waals surface area (Å²) in [5, 5.41) is 20.9. The Labute approximate surface area is 211 Å². The molecule has 3 fully saturated rings. The van der Waals surface area contributed by atoms with Crippen LogP contribution in [0.15, 0.2) is 47.1 Å². The van der Waals surface area contributed by atoms with Crippen molar-refractivity contribution in [3.8, 4) is 0 Å². The van der Waals surface area contributed by atoms with Gasteiger partial charge in [0, 0.05) is 25.3 Å². The summed E-state index contributed by atoms with van der Waals surface area (Å²) in [6.45, 7) is 5.25. The molecule has 2 aliphatic carbocycles. The molecular formula is C29H45N3O3. The van der Waals surface area contributed by atoms with Crippen LogP contribution in [-0.4, -0.2) is 73.5 Å². The van der Waals surface area contributed by atoms with Gasteiger partial charge in [-0.25, -0.2) is 0 Å². The lowest BCUT2D eigenvalue weighted by molar-refractivity contribution is -0.137. The number of carbonyl (C=O) groups excluding carboxylic acids is 1. The fourth-order valence-corrected chi connectivity index (χ4v) is 5.68. The van der Waals surface area contributed by atoms with Gasteiger partial charge >= 0.3 is 0 Å². The molecule has 0 aromatic heterocycles. The average molecular weight is 484 g/mol.